The van der Waals surface area contributed by atoms with Crippen molar-refractivity contribution >= 4 is 11.9 Å². The van der Waals surface area contributed by atoms with Crippen LogP contribution in [0.4, 0.5) is 0 Å². The summed E-state index contributed by atoms with van der Waals surface area (Å²) < 4.78 is 21.5. The minimum Gasteiger partial charge on any atom is -0.497 e. The summed E-state index contributed by atoms with van der Waals surface area (Å²) in [4.78, 5) is 22.8. The van der Waals surface area contributed by atoms with Gasteiger partial charge in [-0.1, -0.05) is 12.1 Å². The van der Waals surface area contributed by atoms with Crippen LogP contribution in [0.2, 0.25) is 0 Å². The lowest BCUT2D eigenvalue weighted by Crippen LogP contribution is -2.21. The number of hydrogen-bond donors (Lipinski definition) is 1. The first-order chi connectivity index (χ1) is 13.0. The predicted molar refractivity (Wildman–Crippen MR) is 95.8 cm³/mol. The number of rotatable bonds is 7. The van der Waals surface area contributed by atoms with E-state index in [1.54, 1.807) is 25.3 Å². The molecular weight excluding hydrogens is 352 g/mol. The molecule has 1 aliphatic rings. The third kappa shape index (κ3) is 4.13. The van der Waals surface area contributed by atoms with Gasteiger partial charge in [0.15, 0.2) is 6.61 Å². The van der Waals surface area contributed by atoms with Gasteiger partial charge in [0, 0.05) is 29.2 Å². The fourth-order valence-corrected chi connectivity index (χ4v) is 3.05. The van der Waals surface area contributed by atoms with Crippen molar-refractivity contribution in [2.24, 2.45) is 0 Å². The Kier molecular flexibility index (Phi) is 5.49. The van der Waals surface area contributed by atoms with Crippen LogP contribution < -0.4 is 18.9 Å². The lowest BCUT2D eigenvalue weighted by Gasteiger charge is -2.27. The van der Waals surface area contributed by atoms with Crippen molar-refractivity contribution in [2.45, 2.75) is 19.3 Å². The predicted octanol–water partition coefficient (Wildman–Crippen LogP) is 3.00. The number of hydrogen-bond acceptors (Lipinski definition) is 6. The molecule has 0 saturated heterocycles. The molecule has 0 bridgehead atoms. The topological polar surface area (TPSA) is 91.3 Å². The van der Waals surface area contributed by atoms with Gasteiger partial charge in [0.25, 0.3) is 0 Å². The second-order valence-corrected chi connectivity index (χ2v) is 5.95. The van der Waals surface area contributed by atoms with Crippen LogP contribution in [-0.2, 0) is 9.59 Å². The lowest BCUT2D eigenvalue weighted by atomic mass is 9.85. The maximum absolute atomic E-state index is 12.2. The van der Waals surface area contributed by atoms with E-state index in [1.165, 1.54) is 6.07 Å². The number of methoxy groups -OCH3 is 1. The number of carbonyl (C=O) groups excluding carboxylic acids is 1. The molecule has 142 valence electrons. The van der Waals surface area contributed by atoms with Gasteiger partial charge in [0.2, 0.25) is 0 Å². The molecule has 0 amide bonds. The summed E-state index contributed by atoms with van der Waals surface area (Å²) in [6, 6.07) is 10.5. The van der Waals surface area contributed by atoms with Crippen molar-refractivity contribution in [2.75, 3.05) is 20.3 Å². The van der Waals surface area contributed by atoms with Crippen molar-refractivity contribution < 1.29 is 33.6 Å². The minimum absolute atomic E-state index is 0.175. The van der Waals surface area contributed by atoms with Gasteiger partial charge in [0.1, 0.15) is 23.0 Å². The fraction of sp³-hybridized carbons (Fsp3) is 0.300. The van der Waals surface area contributed by atoms with E-state index >= 15 is 0 Å². The molecule has 1 unspecified atom stereocenters. The van der Waals surface area contributed by atoms with Crippen LogP contribution in [0.5, 0.6) is 23.0 Å². The molecule has 7 heteroatoms. The number of ether oxygens (including phenoxy) is 4. The van der Waals surface area contributed by atoms with Gasteiger partial charge in [0.05, 0.1) is 20.1 Å². The van der Waals surface area contributed by atoms with Crippen molar-refractivity contribution in [3.05, 3.63) is 47.5 Å². The van der Waals surface area contributed by atoms with E-state index in [1.807, 2.05) is 19.1 Å². The van der Waals surface area contributed by atoms with Crippen molar-refractivity contribution in [3.63, 3.8) is 0 Å². The Hall–Kier alpha value is -3.22. The lowest BCUT2D eigenvalue weighted by molar-refractivity contribution is -0.139. The Balaban J connectivity index is 1.99. The van der Waals surface area contributed by atoms with Crippen LogP contribution >= 0.6 is 0 Å². The Morgan fingerprint density at radius 1 is 1.15 bits per heavy atom. The molecule has 1 N–H and O–H groups in total. The molecule has 2 aromatic carbocycles. The quantitative estimate of drug-likeness (QED) is 0.590. The third-order valence-electron chi connectivity index (χ3n) is 4.21. The van der Waals surface area contributed by atoms with Gasteiger partial charge in [-0.25, -0.2) is 4.79 Å². The number of benzene rings is 2. The van der Waals surface area contributed by atoms with Crippen LogP contribution in [0.15, 0.2) is 36.4 Å². The van der Waals surface area contributed by atoms with Crippen LogP contribution in [-0.4, -0.2) is 37.4 Å². The zero-order valence-corrected chi connectivity index (χ0v) is 15.1. The Bertz CT molecular complexity index is 859. The van der Waals surface area contributed by atoms with Gasteiger partial charge in [-0.05, 0) is 19.1 Å². The fourth-order valence-electron chi connectivity index (χ4n) is 3.05. The molecule has 0 aromatic heterocycles. The van der Waals surface area contributed by atoms with Gasteiger partial charge >= 0.3 is 11.9 Å². The van der Waals surface area contributed by atoms with E-state index in [4.69, 9.17) is 24.1 Å². The number of aliphatic carboxylic acids is 1. The summed E-state index contributed by atoms with van der Waals surface area (Å²) in [5.41, 5.74) is 1.66. The van der Waals surface area contributed by atoms with Gasteiger partial charge in [-0.15, -0.1) is 0 Å². The summed E-state index contributed by atoms with van der Waals surface area (Å²) >= 11 is 0. The summed E-state index contributed by atoms with van der Waals surface area (Å²) in [6.07, 6.45) is 0.175. The highest BCUT2D eigenvalue weighted by Gasteiger charge is 2.31. The van der Waals surface area contributed by atoms with Crippen LogP contribution in [0.1, 0.15) is 30.4 Å². The smallest absolute Gasteiger partial charge is 0.341 e. The highest BCUT2D eigenvalue weighted by Crippen LogP contribution is 2.44. The summed E-state index contributed by atoms with van der Waals surface area (Å²) in [5, 5.41) is 8.74. The van der Waals surface area contributed by atoms with Crippen molar-refractivity contribution in [3.8, 4) is 23.0 Å². The maximum Gasteiger partial charge on any atom is 0.341 e. The molecule has 0 saturated carbocycles. The van der Waals surface area contributed by atoms with Crippen LogP contribution in [0.25, 0.3) is 0 Å². The van der Waals surface area contributed by atoms with E-state index in [-0.39, 0.29) is 18.3 Å². The summed E-state index contributed by atoms with van der Waals surface area (Å²) in [5.74, 6) is 0.291. The molecule has 2 aromatic rings. The standard InChI is InChI=1S/C20H20O7/c1-3-25-17-8-12(24-2)4-6-14(17)16-10-20(23)27-18-9-13(5-7-15(16)18)26-11-19(21)22/h4-9,16H,3,10-11H2,1-2H3,(H,21,22). The minimum atomic E-state index is -1.08. The van der Waals surface area contributed by atoms with E-state index in [0.29, 0.717) is 29.6 Å². The number of fused-ring (bicyclic) bond motifs is 1. The molecular formula is C20H20O7. The summed E-state index contributed by atoms with van der Waals surface area (Å²) in [6.45, 7) is 1.90. The van der Waals surface area contributed by atoms with Crippen LogP contribution in [0.3, 0.4) is 0 Å². The van der Waals surface area contributed by atoms with E-state index in [2.05, 4.69) is 0 Å². The molecule has 0 aliphatic carbocycles. The van der Waals surface area contributed by atoms with Crippen molar-refractivity contribution in [1.82, 2.24) is 0 Å². The maximum atomic E-state index is 12.2. The first-order valence-electron chi connectivity index (χ1n) is 8.51. The third-order valence-corrected chi connectivity index (χ3v) is 4.21. The highest BCUT2D eigenvalue weighted by molar-refractivity contribution is 5.78. The first kappa shape index (κ1) is 18.6. The van der Waals surface area contributed by atoms with Crippen LogP contribution in [0, 0.1) is 0 Å². The molecule has 0 spiro atoms. The molecule has 0 fully saturated rings. The number of carboxylic acid groups (broad SMARTS) is 1. The molecule has 1 heterocycles. The second kappa shape index (κ2) is 7.99. The average Bonchev–Trinajstić information content (AvgIpc) is 2.65. The number of carboxylic acids is 1. The molecule has 7 nitrogen and oxygen atoms in total. The second-order valence-electron chi connectivity index (χ2n) is 5.95. The van der Waals surface area contributed by atoms with E-state index in [9.17, 15) is 9.59 Å². The number of esters is 1. The van der Waals surface area contributed by atoms with Crippen molar-refractivity contribution in [1.29, 1.82) is 0 Å². The molecule has 1 aliphatic heterocycles. The largest absolute Gasteiger partial charge is 0.497 e. The Morgan fingerprint density at radius 2 is 1.89 bits per heavy atom. The number of carbonyl (C=O) groups is 2. The zero-order valence-electron chi connectivity index (χ0n) is 15.1. The van der Waals surface area contributed by atoms with E-state index in [0.717, 1.165) is 11.1 Å². The Labute approximate surface area is 156 Å². The molecule has 3 rings (SSSR count). The van der Waals surface area contributed by atoms with E-state index < -0.39 is 12.6 Å². The Morgan fingerprint density at radius 3 is 2.59 bits per heavy atom. The molecule has 0 radical (unpaired) electrons. The SMILES string of the molecule is CCOc1cc(OC)ccc1C1CC(=O)Oc2cc(OCC(=O)O)ccc21. The molecule has 1 atom stereocenters. The van der Waals surface area contributed by atoms with Gasteiger partial charge in [-0.3, -0.25) is 4.79 Å². The van der Waals surface area contributed by atoms with Gasteiger partial charge in [-0.2, -0.15) is 0 Å². The highest BCUT2D eigenvalue weighted by atomic mass is 16.5. The monoisotopic (exact) mass is 372 g/mol. The first-order valence-corrected chi connectivity index (χ1v) is 8.51. The molecule has 27 heavy (non-hydrogen) atoms. The average molecular weight is 372 g/mol. The van der Waals surface area contributed by atoms with Gasteiger partial charge < -0.3 is 24.1 Å². The normalized spacial score (nSPS) is 15.5. The summed E-state index contributed by atoms with van der Waals surface area (Å²) in [7, 11) is 1.58. The zero-order chi connectivity index (χ0) is 19.4.